The Hall–Kier alpha value is -4.94. The number of nitrogens with zero attached hydrogens (tertiary/aromatic N) is 2. The number of hydrogen-bond donors (Lipinski definition) is 2. The second kappa shape index (κ2) is 8.82. The summed E-state index contributed by atoms with van der Waals surface area (Å²) in [5.74, 6) is -1.24. The average molecular weight is 531 g/mol. The summed E-state index contributed by atoms with van der Waals surface area (Å²) in [6, 6.07) is 28.6. The van der Waals surface area contributed by atoms with E-state index in [0.29, 0.717) is 49.0 Å². The van der Waals surface area contributed by atoms with Gasteiger partial charge in [0.25, 0.3) is 0 Å². The largest absolute Gasteiger partial charge is 0.507 e. The molecule has 0 bridgehead atoms. The van der Waals surface area contributed by atoms with E-state index in [1.807, 2.05) is 42.5 Å². The third-order valence-corrected chi connectivity index (χ3v) is 7.37. The van der Waals surface area contributed by atoms with E-state index in [1.54, 1.807) is 54.6 Å². The third-order valence-electron chi connectivity index (χ3n) is 7.12. The average Bonchev–Trinajstić information content (AvgIpc) is 2.96. The summed E-state index contributed by atoms with van der Waals surface area (Å²) in [7, 11) is 0. The van der Waals surface area contributed by atoms with Crippen LogP contribution in [0.1, 0.15) is 22.6 Å². The Kier molecular flexibility index (Phi) is 5.25. The van der Waals surface area contributed by atoms with E-state index in [1.165, 1.54) is 0 Å². The molecular formula is C32H19ClN2O4. The minimum absolute atomic E-state index is 0.0159. The normalized spacial score (nSPS) is 12.4. The van der Waals surface area contributed by atoms with Crippen LogP contribution in [0, 0.1) is 0 Å². The number of rotatable bonds is 3. The Balaban J connectivity index is 1.69. The summed E-state index contributed by atoms with van der Waals surface area (Å²) in [5.41, 5.74) is 2.78. The van der Waals surface area contributed by atoms with Crippen LogP contribution in [-0.2, 0) is 0 Å². The van der Waals surface area contributed by atoms with Crippen molar-refractivity contribution in [3.8, 4) is 11.5 Å². The predicted octanol–water partition coefficient (Wildman–Crippen LogP) is 7.29. The first-order valence-electron chi connectivity index (χ1n) is 12.3. The van der Waals surface area contributed by atoms with Crippen LogP contribution in [0.3, 0.4) is 0 Å². The van der Waals surface area contributed by atoms with Crippen LogP contribution >= 0.6 is 11.6 Å². The zero-order valence-corrected chi connectivity index (χ0v) is 21.1. The van der Waals surface area contributed by atoms with Gasteiger partial charge in [-0.2, -0.15) is 0 Å². The number of aromatic hydroxyl groups is 2. The zero-order chi connectivity index (χ0) is 26.7. The molecule has 0 aliphatic carbocycles. The van der Waals surface area contributed by atoms with Gasteiger partial charge in [-0.3, -0.25) is 0 Å². The Morgan fingerprint density at radius 2 is 1.21 bits per heavy atom. The van der Waals surface area contributed by atoms with Gasteiger partial charge in [0.15, 0.2) is 0 Å². The minimum Gasteiger partial charge on any atom is -0.507 e. The molecule has 7 rings (SSSR count). The lowest BCUT2D eigenvalue weighted by Gasteiger charge is -2.23. The number of hydrogen-bond acceptors (Lipinski definition) is 6. The number of aromatic nitrogens is 2. The first-order valence-corrected chi connectivity index (χ1v) is 12.7. The molecule has 6 nitrogen and oxygen atoms in total. The van der Waals surface area contributed by atoms with Crippen molar-refractivity contribution in [1.29, 1.82) is 0 Å². The lowest BCUT2D eigenvalue weighted by Crippen LogP contribution is -2.16. The molecule has 39 heavy (non-hydrogen) atoms. The fourth-order valence-electron chi connectivity index (χ4n) is 5.34. The predicted molar refractivity (Wildman–Crippen MR) is 153 cm³/mol. The number of benzene rings is 5. The fourth-order valence-corrected chi connectivity index (χ4v) is 5.46. The Labute approximate surface area is 226 Å². The summed E-state index contributed by atoms with van der Waals surface area (Å²) in [6.07, 6.45) is 0. The van der Waals surface area contributed by atoms with E-state index >= 15 is 0 Å². The molecule has 0 radical (unpaired) electrons. The Bertz CT molecular complexity index is 2140. The van der Waals surface area contributed by atoms with E-state index < -0.39 is 11.5 Å². The number of para-hydroxylation sites is 3. The van der Waals surface area contributed by atoms with Crippen LogP contribution in [0.2, 0.25) is 5.02 Å². The molecule has 0 spiro atoms. The Morgan fingerprint density at radius 3 is 1.92 bits per heavy atom. The maximum atomic E-state index is 13.6. The van der Waals surface area contributed by atoms with Crippen molar-refractivity contribution >= 4 is 55.4 Å². The highest BCUT2D eigenvalue weighted by molar-refractivity contribution is 6.30. The van der Waals surface area contributed by atoms with Crippen molar-refractivity contribution in [3.05, 3.63) is 129 Å². The molecule has 0 fully saturated rings. The van der Waals surface area contributed by atoms with Crippen LogP contribution in [0.25, 0.3) is 43.8 Å². The van der Waals surface area contributed by atoms with Gasteiger partial charge in [0.2, 0.25) is 0 Å². The SMILES string of the molecule is O=c1oc2ccccc2c(O)c1C(c1ccc(Cl)cc1)c1c(O)c2ccccc2c2nc3ccccc3nc12. The topological polar surface area (TPSA) is 96.5 Å². The van der Waals surface area contributed by atoms with Gasteiger partial charge in [-0.05, 0) is 42.0 Å². The van der Waals surface area contributed by atoms with E-state index in [-0.39, 0.29) is 22.6 Å². The van der Waals surface area contributed by atoms with E-state index in [9.17, 15) is 15.0 Å². The molecule has 0 saturated carbocycles. The minimum atomic E-state index is -0.953. The van der Waals surface area contributed by atoms with Gasteiger partial charge in [-0.25, -0.2) is 14.8 Å². The highest BCUT2D eigenvalue weighted by atomic mass is 35.5. The molecule has 2 heterocycles. The second-order valence-electron chi connectivity index (χ2n) is 9.35. The van der Waals surface area contributed by atoms with Crippen molar-refractivity contribution in [2.75, 3.05) is 0 Å². The first kappa shape index (κ1) is 23.2. The zero-order valence-electron chi connectivity index (χ0n) is 20.3. The molecule has 1 unspecified atom stereocenters. The monoisotopic (exact) mass is 530 g/mol. The van der Waals surface area contributed by atoms with Gasteiger partial charge in [-0.15, -0.1) is 0 Å². The summed E-state index contributed by atoms with van der Waals surface area (Å²) >= 11 is 6.22. The van der Waals surface area contributed by atoms with E-state index in [2.05, 4.69) is 0 Å². The van der Waals surface area contributed by atoms with Crippen molar-refractivity contribution < 1.29 is 14.6 Å². The third kappa shape index (κ3) is 3.60. The molecule has 2 aromatic heterocycles. The molecule has 7 aromatic rings. The molecule has 5 aromatic carbocycles. The van der Waals surface area contributed by atoms with E-state index in [4.69, 9.17) is 26.0 Å². The smallest absolute Gasteiger partial charge is 0.344 e. The van der Waals surface area contributed by atoms with Gasteiger partial charge in [-0.1, -0.05) is 72.3 Å². The molecule has 1 atom stereocenters. The van der Waals surface area contributed by atoms with Gasteiger partial charge < -0.3 is 14.6 Å². The van der Waals surface area contributed by atoms with Gasteiger partial charge >= 0.3 is 5.63 Å². The van der Waals surface area contributed by atoms with Crippen molar-refractivity contribution in [2.24, 2.45) is 0 Å². The lowest BCUT2D eigenvalue weighted by molar-refractivity contribution is 0.451. The van der Waals surface area contributed by atoms with Gasteiger partial charge in [0.1, 0.15) is 17.1 Å². The summed E-state index contributed by atoms with van der Waals surface area (Å²) in [6.45, 7) is 0. The molecule has 0 amide bonds. The molecule has 2 N–H and O–H groups in total. The summed E-state index contributed by atoms with van der Waals surface area (Å²) in [5, 5.41) is 25.5. The first-order chi connectivity index (χ1) is 19.0. The maximum absolute atomic E-state index is 13.6. The Morgan fingerprint density at radius 1 is 0.641 bits per heavy atom. The van der Waals surface area contributed by atoms with Crippen molar-refractivity contribution in [3.63, 3.8) is 0 Å². The molecule has 0 saturated heterocycles. The summed E-state index contributed by atoms with van der Waals surface area (Å²) in [4.78, 5) is 23.4. The number of halogens is 1. The van der Waals surface area contributed by atoms with Crippen molar-refractivity contribution in [2.45, 2.75) is 5.92 Å². The van der Waals surface area contributed by atoms with Crippen LogP contribution in [0.15, 0.2) is 106 Å². The quantitative estimate of drug-likeness (QED) is 0.141. The molecule has 0 aliphatic heterocycles. The number of phenols is 1. The molecule has 0 aliphatic rings. The van der Waals surface area contributed by atoms with Gasteiger partial charge in [0, 0.05) is 21.4 Å². The van der Waals surface area contributed by atoms with E-state index in [0.717, 1.165) is 5.39 Å². The van der Waals surface area contributed by atoms with Crippen LogP contribution in [0.4, 0.5) is 0 Å². The van der Waals surface area contributed by atoms with Crippen LogP contribution in [-0.4, -0.2) is 20.2 Å². The molecule has 7 heteroatoms. The molecular weight excluding hydrogens is 512 g/mol. The number of phenolic OH excluding ortho intramolecular Hbond substituents is 1. The number of fused-ring (bicyclic) bond motifs is 5. The maximum Gasteiger partial charge on any atom is 0.344 e. The molecule has 188 valence electrons. The van der Waals surface area contributed by atoms with Crippen LogP contribution in [0.5, 0.6) is 11.5 Å². The lowest BCUT2D eigenvalue weighted by atomic mass is 9.82. The summed E-state index contributed by atoms with van der Waals surface area (Å²) < 4.78 is 5.67. The highest BCUT2D eigenvalue weighted by Crippen LogP contribution is 2.47. The highest BCUT2D eigenvalue weighted by Gasteiger charge is 2.32. The van der Waals surface area contributed by atoms with Crippen LogP contribution < -0.4 is 5.63 Å². The fraction of sp³-hybridized carbons (Fsp3) is 0.0312. The second-order valence-corrected chi connectivity index (χ2v) is 9.79. The van der Waals surface area contributed by atoms with Crippen molar-refractivity contribution in [1.82, 2.24) is 9.97 Å². The van der Waals surface area contributed by atoms with Gasteiger partial charge in [0.05, 0.1) is 38.9 Å². The standard InChI is InChI=1S/C32H19ClN2O4/c33-18-15-13-17(14-16-18)25(27-31(37)21-9-3-6-12-24(21)39-32(27)38)26-29-28(19-7-1-2-8-20(19)30(26)36)34-22-10-4-5-11-23(22)35-29/h1-16,25,36-37H.